The van der Waals surface area contributed by atoms with Crippen LogP contribution in [0, 0.1) is 0 Å². The van der Waals surface area contributed by atoms with E-state index >= 15 is 0 Å². The van der Waals surface area contributed by atoms with Gasteiger partial charge in [0.25, 0.3) is 11.5 Å². The standard InChI is InChI=1S/C23H17Cl2N3O5/c1-33-15-5-2-12(3-6-15)10-13-8-9-28-20(13)27-17-11-14(4-7-16(17)22(28)30)26-21(29)18(24)19(25)23(31)32/h2-7,10-11H,8-9H2,1H3,(H,26,29)(H,31,32). The van der Waals surface area contributed by atoms with Crippen LogP contribution < -0.4 is 15.6 Å². The smallest absolute Gasteiger partial charge is 0.349 e. The molecule has 2 heterocycles. The lowest BCUT2D eigenvalue weighted by atomic mass is 10.1. The van der Waals surface area contributed by atoms with Crippen LogP contribution in [0.5, 0.6) is 5.75 Å². The normalized spacial score (nSPS) is 14.7. The predicted octanol–water partition coefficient (Wildman–Crippen LogP) is 4.06. The van der Waals surface area contributed by atoms with Crippen molar-refractivity contribution in [1.29, 1.82) is 0 Å². The third-order valence-corrected chi connectivity index (χ3v) is 5.95. The van der Waals surface area contributed by atoms with Gasteiger partial charge in [-0.05, 0) is 54.0 Å². The van der Waals surface area contributed by atoms with Gasteiger partial charge in [0.15, 0.2) is 0 Å². The maximum atomic E-state index is 13.0. The van der Waals surface area contributed by atoms with Crippen molar-refractivity contribution in [1.82, 2.24) is 9.55 Å². The van der Waals surface area contributed by atoms with Crippen molar-refractivity contribution in [3.63, 3.8) is 0 Å². The first kappa shape index (κ1) is 22.6. The molecule has 10 heteroatoms. The summed E-state index contributed by atoms with van der Waals surface area (Å²) in [6.45, 7) is 0.520. The first-order valence-corrected chi connectivity index (χ1v) is 10.5. The lowest BCUT2D eigenvalue weighted by molar-refractivity contribution is -0.132. The summed E-state index contributed by atoms with van der Waals surface area (Å²) in [5, 5.41) is 10.3. The Morgan fingerprint density at radius 2 is 1.88 bits per heavy atom. The molecule has 0 unspecified atom stereocenters. The highest BCUT2D eigenvalue weighted by atomic mass is 35.5. The van der Waals surface area contributed by atoms with Crippen LogP contribution in [0.15, 0.2) is 57.3 Å². The molecule has 4 rings (SSSR count). The van der Waals surface area contributed by atoms with Gasteiger partial charge in [0, 0.05) is 12.2 Å². The van der Waals surface area contributed by atoms with Crippen LogP contribution in [0.3, 0.4) is 0 Å². The minimum Gasteiger partial charge on any atom is -0.497 e. The summed E-state index contributed by atoms with van der Waals surface area (Å²) >= 11 is 11.3. The van der Waals surface area contributed by atoms with E-state index in [1.165, 1.54) is 12.1 Å². The van der Waals surface area contributed by atoms with E-state index in [1.54, 1.807) is 17.7 Å². The number of fused-ring (bicyclic) bond motifs is 2. The maximum Gasteiger partial charge on any atom is 0.349 e. The summed E-state index contributed by atoms with van der Waals surface area (Å²) in [4.78, 5) is 40.7. The third kappa shape index (κ3) is 4.48. The van der Waals surface area contributed by atoms with E-state index in [-0.39, 0.29) is 11.2 Å². The van der Waals surface area contributed by atoms with E-state index in [0.717, 1.165) is 16.9 Å². The lowest BCUT2D eigenvalue weighted by Gasteiger charge is -2.09. The quantitative estimate of drug-likeness (QED) is 0.527. The number of hydrogen-bond acceptors (Lipinski definition) is 5. The molecule has 1 amide bonds. The maximum absolute atomic E-state index is 13.0. The number of benzene rings is 2. The first-order chi connectivity index (χ1) is 15.8. The van der Waals surface area contributed by atoms with Gasteiger partial charge in [-0.25, -0.2) is 9.78 Å². The van der Waals surface area contributed by atoms with Crippen LogP contribution >= 0.6 is 23.2 Å². The van der Waals surface area contributed by atoms with Crippen molar-refractivity contribution >= 4 is 63.3 Å². The van der Waals surface area contributed by atoms with Crippen molar-refractivity contribution in [2.75, 3.05) is 12.4 Å². The van der Waals surface area contributed by atoms with Crippen LogP contribution in [0.4, 0.5) is 5.69 Å². The average Bonchev–Trinajstić information content (AvgIpc) is 3.21. The number of nitrogens with one attached hydrogen (secondary N) is 1. The molecule has 0 aliphatic carbocycles. The monoisotopic (exact) mass is 485 g/mol. The molecule has 1 aromatic heterocycles. The highest BCUT2D eigenvalue weighted by molar-refractivity contribution is 6.54. The number of aromatic nitrogens is 2. The highest BCUT2D eigenvalue weighted by Crippen LogP contribution is 2.29. The number of carbonyl (C=O) groups excluding carboxylic acids is 1. The van der Waals surface area contributed by atoms with Crippen molar-refractivity contribution in [3.8, 4) is 5.75 Å². The summed E-state index contributed by atoms with van der Waals surface area (Å²) in [5.41, 5.74) is 2.35. The van der Waals surface area contributed by atoms with Gasteiger partial charge in [-0.3, -0.25) is 14.2 Å². The van der Waals surface area contributed by atoms with Gasteiger partial charge in [0.2, 0.25) is 0 Å². The number of rotatable bonds is 5. The number of anilines is 1. The number of amides is 1. The molecule has 2 N–H and O–H groups in total. The second-order valence-corrected chi connectivity index (χ2v) is 7.96. The number of carboxylic acid groups (broad SMARTS) is 1. The Morgan fingerprint density at radius 3 is 2.55 bits per heavy atom. The topological polar surface area (TPSA) is 111 Å². The first-order valence-electron chi connectivity index (χ1n) is 9.78. The van der Waals surface area contributed by atoms with Gasteiger partial charge in [-0.1, -0.05) is 35.3 Å². The molecule has 0 saturated carbocycles. The Balaban J connectivity index is 1.70. The van der Waals surface area contributed by atoms with E-state index in [0.29, 0.717) is 29.7 Å². The molecule has 1 aliphatic heterocycles. The van der Waals surface area contributed by atoms with Crippen LogP contribution in [-0.4, -0.2) is 33.6 Å². The number of ether oxygens (including phenoxy) is 1. The van der Waals surface area contributed by atoms with Crippen LogP contribution in [0.25, 0.3) is 22.6 Å². The second-order valence-electron chi connectivity index (χ2n) is 7.20. The molecular formula is C23H17Cl2N3O5. The zero-order chi connectivity index (χ0) is 23.7. The van der Waals surface area contributed by atoms with Crippen molar-refractivity contribution < 1.29 is 19.4 Å². The summed E-state index contributed by atoms with van der Waals surface area (Å²) in [7, 11) is 1.60. The summed E-state index contributed by atoms with van der Waals surface area (Å²) in [6.07, 6.45) is 2.63. The number of allylic oxidation sites excluding steroid dienone is 1. The van der Waals surface area contributed by atoms with Crippen LogP contribution in [0.2, 0.25) is 0 Å². The fourth-order valence-electron chi connectivity index (χ4n) is 3.51. The number of carboxylic acids is 1. The Kier molecular flexibility index (Phi) is 6.22. The van der Waals surface area contributed by atoms with Crippen molar-refractivity contribution in [2.45, 2.75) is 13.0 Å². The number of methoxy groups -OCH3 is 1. The van der Waals surface area contributed by atoms with Gasteiger partial charge < -0.3 is 15.2 Å². The minimum atomic E-state index is -1.52. The van der Waals surface area contributed by atoms with Crippen molar-refractivity contribution in [3.05, 3.63) is 74.3 Å². The molecule has 3 aromatic rings. The van der Waals surface area contributed by atoms with Crippen molar-refractivity contribution in [2.24, 2.45) is 0 Å². The minimum absolute atomic E-state index is 0.183. The SMILES string of the molecule is COc1ccc(C=C2CCn3c2nc2cc(NC(=O)C(Cl)=C(Cl)C(=O)O)ccc2c3=O)cc1. The average molecular weight is 486 g/mol. The van der Waals surface area contributed by atoms with Gasteiger partial charge >= 0.3 is 5.97 Å². The zero-order valence-corrected chi connectivity index (χ0v) is 18.8. The fraction of sp³-hybridized carbons (Fsp3) is 0.130. The molecule has 0 fully saturated rings. The molecule has 33 heavy (non-hydrogen) atoms. The Hall–Kier alpha value is -3.62. The molecule has 0 radical (unpaired) electrons. The number of hydrogen-bond donors (Lipinski definition) is 2. The number of aliphatic carboxylic acids is 1. The summed E-state index contributed by atoms with van der Waals surface area (Å²) < 4.78 is 6.81. The molecule has 1 aliphatic rings. The second kappa shape index (κ2) is 9.09. The molecule has 168 valence electrons. The van der Waals surface area contributed by atoms with Gasteiger partial charge in [-0.15, -0.1) is 0 Å². The van der Waals surface area contributed by atoms with E-state index in [9.17, 15) is 14.4 Å². The number of halogens is 2. The number of carbonyl (C=O) groups is 2. The van der Waals surface area contributed by atoms with Crippen LogP contribution in [-0.2, 0) is 16.1 Å². The Morgan fingerprint density at radius 1 is 1.15 bits per heavy atom. The van der Waals surface area contributed by atoms with E-state index < -0.39 is 21.9 Å². The highest BCUT2D eigenvalue weighted by Gasteiger charge is 2.22. The Labute approximate surface area is 197 Å². The largest absolute Gasteiger partial charge is 0.497 e. The van der Waals surface area contributed by atoms with Gasteiger partial charge in [-0.2, -0.15) is 0 Å². The molecule has 0 spiro atoms. The summed E-state index contributed by atoms with van der Waals surface area (Å²) in [5.74, 6) is -1.10. The van der Waals surface area contributed by atoms with E-state index in [4.69, 9.17) is 33.0 Å². The predicted molar refractivity (Wildman–Crippen MR) is 126 cm³/mol. The molecular weight excluding hydrogens is 469 g/mol. The van der Waals surface area contributed by atoms with E-state index in [2.05, 4.69) is 10.3 Å². The molecule has 0 saturated heterocycles. The molecule has 8 nitrogen and oxygen atoms in total. The van der Waals surface area contributed by atoms with Gasteiger partial charge in [0.1, 0.15) is 21.6 Å². The molecule has 0 atom stereocenters. The third-order valence-electron chi connectivity index (χ3n) is 5.14. The summed E-state index contributed by atoms with van der Waals surface area (Å²) in [6, 6.07) is 12.1. The zero-order valence-electron chi connectivity index (χ0n) is 17.3. The van der Waals surface area contributed by atoms with Crippen LogP contribution in [0.1, 0.15) is 17.8 Å². The number of nitrogens with zero attached hydrogens (tertiary/aromatic N) is 2. The van der Waals surface area contributed by atoms with Gasteiger partial charge in [0.05, 0.1) is 18.0 Å². The molecule has 0 bridgehead atoms. The molecule has 2 aromatic carbocycles. The fourth-order valence-corrected chi connectivity index (χ4v) is 3.73. The Bertz CT molecular complexity index is 1410. The van der Waals surface area contributed by atoms with E-state index in [1.807, 2.05) is 30.3 Å². The lowest BCUT2D eigenvalue weighted by Crippen LogP contribution is -2.21.